The highest BCUT2D eigenvalue weighted by atomic mass is 32.2. The molecule has 1 aromatic heterocycles. The van der Waals surface area contributed by atoms with Crippen molar-refractivity contribution in [2.75, 3.05) is 25.6 Å². The first kappa shape index (κ1) is 13.3. The summed E-state index contributed by atoms with van der Waals surface area (Å²) in [6.07, 6.45) is 0. The summed E-state index contributed by atoms with van der Waals surface area (Å²) >= 11 is 0. The molecule has 19 heavy (non-hydrogen) atoms. The third-order valence-corrected chi connectivity index (χ3v) is 3.80. The fourth-order valence-electron chi connectivity index (χ4n) is 1.41. The Labute approximate surface area is 109 Å². The lowest BCUT2D eigenvalue weighted by Gasteiger charge is -2.08. The maximum Gasteiger partial charge on any atom is 0.316 e. The van der Waals surface area contributed by atoms with E-state index in [9.17, 15) is 13.2 Å². The molecule has 0 radical (unpaired) electrons. The summed E-state index contributed by atoms with van der Waals surface area (Å²) in [5, 5.41) is -0.469. The topological polar surface area (TPSA) is 106 Å². The van der Waals surface area contributed by atoms with E-state index in [4.69, 9.17) is 10.2 Å². The number of nitrogens with two attached hydrogens (primary N) is 1. The first-order chi connectivity index (χ1) is 8.79. The zero-order chi connectivity index (χ0) is 14.2. The monoisotopic (exact) mass is 283 g/mol. The van der Waals surface area contributed by atoms with Crippen LogP contribution in [-0.2, 0) is 14.6 Å². The van der Waals surface area contributed by atoms with Crippen molar-refractivity contribution in [3.05, 3.63) is 18.2 Å². The molecule has 102 valence electrons. The van der Waals surface area contributed by atoms with E-state index in [0.717, 1.165) is 0 Å². The van der Waals surface area contributed by atoms with Gasteiger partial charge in [0.1, 0.15) is 11.3 Å². The minimum Gasteiger partial charge on any atom is -0.428 e. The first-order valence-corrected chi connectivity index (χ1v) is 7.04. The third-order valence-electron chi connectivity index (χ3n) is 2.47. The Kier molecular flexibility index (Phi) is 3.19. The number of aromatic nitrogens is 1. The molecule has 7 nitrogen and oxygen atoms in total. The summed E-state index contributed by atoms with van der Waals surface area (Å²) in [4.78, 5) is 16.5. The molecule has 0 saturated heterocycles. The van der Waals surface area contributed by atoms with Gasteiger partial charge in [-0.05, 0) is 18.2 Å². The second-order valence-electron chi connectivity index (χ2n) is 4.25. The number of nitrogen functional groups attached to an aromatic ring is 1. The van der Waals surface area contributed by atoms with Crippen LogP contribution in [0.15, 0.2) is 27.8 Å². The molecule has 0 aliphatic rings. The number of sulfone groups is 1. The Bertz CT molecular complexity index is 733. The van der Waals surface area contributed by atoms with Crippen molar-refractivity contribution >= 4 is 32.5 Å². The SMILES string of the molecule is CN(C)C(=O)CS(=O)(=O)c1nc2cc(N)ccc2o1. The van der Waals surface area contributed by atoms with Gasteiger partial charge in [-0.25, -0.2) is 8.42 Å². The van der Waals surface area contributed by atoms with Crippen molar-refractivity contribution in [1.82, 2.24) is 9.88 Å². The van der Waals surface area contributed by atoms with Gasteiger partial charge >= 0.3 is 5.22 Å². The molecule has 0 spiro atoms. The quantitative estimate of drug-likeness (QED) is 0.810. The molecule has 1 amide bonds. The Balaban J connectivity index is 2.40. The zero-order valence-corrected chi connectivity index (χ0v) is 11.3. The number of benzene rings is 1. The lowest BCUT2D eigenvalue weighted by Crippen LogP contribution is -2.29. The van der Waals surface area contributed by atoms with E-state index in [-0.39, 0.29) is 0 Å². The van der Waals surface area contributed by atoms with E-state index >= 15 is 0 Å². The Morgan fingerprint density at radius 1 is 1.42 bits per heavy atom. The van der Waals surface area contributed by atoms with Crippen molar-refractivity contribution in [3.8, 4) is 0 Å². The van der Waals surface area contributed by atoms with Crippen molar-refractivity contribution in [2.45, 2.75) is 5.22 Å². The molecular formula is C11H13N3O4S. The molecule has 0 aliphatic heterocycles. The highest BCUT2D eigenvalue weighted by Gasteiger charge is 2.26. The second-order valence-corrected chi connectivity index (χ2v) is 6.12. The van der Waals surface area contributed by atoms with Crippen LogP contribution in [0.2, 0.25) is 0 Å². The van der Waals surface area contributed by atoms with Gasteiger partial charge in [0.25, 0.3) is 0 Å². The van der Waals surface area contributed by atoms with Crippen LogP contribution in [0.3, 0.4) is 0 Å². The maximum absolute atomic E-state index is 12.0. The van der Waals surface area contributed by atoms with Gasteiger partial charge in [0, 0.05) is 19.8 Å². The number of oxazole rings is 1. The number of hydrogen-bond donors (Lipinski definition) is 1. The summed E-state index contributed by atoms with van der Waals surface area (Å²) < 4.78 is 29.1. The Morgan fingerprint density at radius 2 is 2.11 bits per heavy atom. The van der Waals surface area contributed by atoms with E-state index in [0.29, 0.717) is 16.8 Å². The number of anilines is 1. The number of amides is 1. The van der Waals surface area contributed by atoms with Gasteiger partial charge in [0.15, 0.2) is 5.58 Å². The predicted octanol–water partition coefficient (Wildman–Crippen LogP) is 0.272. The number of fused-ring (bicyclic) bond motifs is 1. The van der Waals surface area contributed by atoms with Crippen LogP contribution >= 0.6 is 0 Å². The molecule has 0 bridgehead atoms. The normalized spacial score (nSPS) is 11.7. The summed E-state index contributed by atoms with van der Waals surface area (Å²) in [5.74, 6) is -1.22. The van der Waals surface area contributed by atoms with Crippen LogP contribution < -0.4 is 5.73 Å². The second kappa shape index (κ2) is 4.54. The van der Waals surface area contributed by atoms with Gasteiger partial charge in [-0.2, -0.15) is 4.98 Å². The largest absolute Gasteiger partial charge is 0.428 e. The molecule has 8 heteroatoms. The molecular weight excluding hydrogens is 270 g/mol. The summed E-state index contributed by atoms with van der Waals surface area (Å²) in [6.45, 7) is 0. The standard InChI is InChI=1S/C11H13N3O4S/c1-14(2)10(15)6-19(16,17)11-13-8-5-7(12)3-4-9(8)18-11/h3-5H,6,12H2,1-2H3. The molecule has 1 aromatic carbocycles. The van der Waals surface area contributed by atoms with Crippen molar-refractivity contribution in [3.63, 3.8) is 0 Å². The molecule has 0 aliphatic carbocycles. The highest BCUT2D eigenvalue weighted by Crippen LogP contribution is 2.21. The van der Waals surface area contributed by atoms with Crippen LogP contribution in [0.4, 0.5) is 5.69 Å². The van der Waals surface area contributed by atoms with E-state index in [2.05, 4.69) is 4.98 Å². The molecule has 2 N–H and O–H groups in total. The van der Waals surface area contributed by atoms with E-state index in [1.165, 1.54) is 31.1 Å². The van der Waals surface area contributed by atoms with Crippen LogP contribution in [0.5, 0.6) is 0 Å². The summed E-state index contributed by atoms with van der Waals surface area (Å²) in [7, 11) is -0.935. The molecule has 0 saturated carbocycles. The first-order valence-electron chi connectivity index (χ1n) is 5.38. The maximum atomic E-state index is 12.0. The van der Waals surface area contributed by atoms with Gasteiger partial charge in [-0.1, -0.05) is 0 Å². The Hall–Kier alpha value is -2.09. The van der Waals surface area contributed by atoms with Gasteiger partial charge in [0.05, 0.1) is 0 Å². The number of carbonyl (C=O) groups is 1. The van der Waals surface area contributed by atoms with Crippen LogP contribution in [-0.4, -0.2) is 44.1 Å². The fourth-order valence-corrected chi connectivity index (χ4v) is 2.57. The van der Waals surface area contributed by atoms with E-state index in [1.807, 2.05) is 0 Å². The van der Waals surface area contributed by atoms with Crippen LogP contribution in [0, 0.1) is 0 Å². The molecule has 2 aromatic rings. The van der Waals surface area contributed by atoms with Crippen LogP contribution in [0.25, 0.3) is 11.1 Å². The third kappa shape index (κ3) is 2.68. The van der Waals surface area contributed by atoms with Gasteiger partial charge in [-0.3, -0.25) is 4.79 Å². The van der Waals surface area contributed by atoms with E-state index < -0.39 is 26.7 Å². The summed E-state index contributed by atoms with van der Waals surface area (Å²) in [6, 6.07) is 4.62. The predicted molar refractivity (Wildman–Crippen MR) is 69.2 cm³/mol. The molecule has 0 unspecified atom stereocenters. The number of nitrogens with zero attached hydrogens (tertiary/aromatic N) is 2. The molecule has 0 fully saturated rings. The minimum atomic E-state index is -3.89. The van der Waals surface area contributed by atoms with Crippen molar-refractivity contribution < 1.29 is 17.6 Å². The number of rotatable bonds is 3. The van der Waals surface area contributed by atoms with Gasteiger partial charge in [0.2, 0.25) is 15.7 Å². The summed E-state index contributed by atoms with van der Waals surface area (Å²) in [5.41, 5.74) is 6.68. The van der Waals surface area contributed by atoms with Crippen molar-refractivity contribution in [1.29, 1.82) is 0 Å². The zero-order valence-electron chi connectivity index (χ0n) is 10.5. The smallest absolute Gasteiger partial charge is 0.316 e. The van der Waals surface area contributed by atoms with Crippen LogP contribution in [0.1, 0.15) is 0 Å². The van der Waals surface area contributed by atoms with Crippen molar-refractivity contribution in [2.24, 2.45) is 0 Å². The highest BCUT2D eigenvalue weighted by molar-refractivity contribution is 7.91. The van der Waals surface area contributed by atoms with Gasteiger partial charge < -0.3 is 15.1 Å². The lowest BCUT2D eigenvalue weighted by molar-refractivity contribution is -0.125. The average Bonchev–Trinajstić information content (AvgIpc) is 2.71. The fraction of sp³-hybridized carbons (Fsp3) is 0.273. The lowest BCUT2D eigenvalue weighted by atomic mass is 10.3. The Morgan fingerprint density at radius 3 is 2.74 bits per heavy atom. The molecule has 0 atom stereocenters. The van der Waals surface area contributed by atoms with Gasteiger partial charge in [-0.15, -0.1) is 0 Å². The minimum absolute atomic E-state index is 0.310. The molecule has 1 heterocycles. The number of hydrogen-bond acceptors (Lipinski definition) is 6. The average molecular weight is 283 g/mol. The number of carbonyl (C=O) groups excluding carboxylic acids is 1. The molecule has 2 rings (SSSR count). The van der Waals surface area contributed by atoms with E-state index in [1.54, 1.807) is 6.07 Å².